The van der Waals surface area contributed by atoms with Gasteiger partial charge in [0.05, 0.1) is 24.9 Å². The molecule has 0 spiro atoms. The van der Waals surface area contributed by atoms with Gasteiger partial charge >= 0.3 is 0 Å². The molecule has 1 aliphatic heterocycles. The molecule has 5 rings (SSSR count). The number of hydrogen-bond donors (Lipinski definition) is 4. The highest BCUT2D eigenvalue weighted by Crippen LogP contribution is 2.69. The predicted octanol–water partition coefficient (Wildman–Crippen LogP) is 1.38. The van der Waals surface area contributed by atoms with Gasteiger partial charge in [-0.3, -0.25) is 0 Å². The molecule has 10 atom stereocenters. The smallest absolute Gasteiger partial charge is 0.110 e. The van der Waals surface area contributed by atoms with Crippen molar-refractivity contribution in [3.05, 3.63) is 11.6 Å². The van der Waals surface area contributed by atoms with E-state index in [1.807, 2.05) is 0 Å². The normalized spacial score (nSPS) is 61.3. The lowest BCUT2D eigenvalue weighted by Crippen LogP contribution is -2.65. The number of aliphatic hydroxyl groups is 4. The van der Waals surface area contributed by atoms with Crippen molar-refractivity contribution in [1.29, 1.82) is 0 Å². The van der Waals surface area contributed by atoms with Crippen molar-refractivity contribution < 1.29 is 25.2 Å². The molecule has 146 valence electrons. The zero-order valence-electron chi connectivity index (χ0n) is 15.8. The Morgan fingerprint density at radius 1 is 1.08 bits per heavy atom. The molecule has 4 N–H and O–H groups in total. The van der Waals surface area contributed by atoms with Gasteiger partial charge in [0, 0.05) is 11.3 Å². The monoisotopic (exact) mass is 364 g/mol. The second-order valence-electron chi connectivity index (χ2n) is 10.1. The van der Waals surface area contributed by atoms with E-state index < -0.39 is 29.3 Å². The molecule has 0 bridgehead atoms. The van der Waals surface area contributed by atoms with E-state index in [-0.39, 0.29) is 30.0 Å². The molecule has 5 heteroatoms. The fourth-order valence-corrected chi connectivity index (χ4v) is 7.87. The summed E-state index contributed by atoms with van der Waals surface area (Å²) in [7, 11) is 0. The van der Waals surface area contributed by atoms with Crippen molar-refractivity contribution in [2.75, 3.05) is 6.61 Å². The highest BCUT2D eigenvalue weighted by atomic mass is 16.5. The summed E-state index contributed by atoms with van der Waals surface area (Å²) < 4.78 is 5.74. The first-order chi connectivity index (χ1) is 12.2. The van der Waals surface area contributed by atoms with Crippen molar-refractivity contribution in [1.82, 2.24) is 0 Å². The lowest BCUT2D eigenvalue weighted by atomic mass is 9.45. The van der Waals surface area contributed by atoms with Crippen LogP contribution < -0.4 is 0 Å². The minimum atomic E-state index is -1.23. The molecular formula is C21H32O5. The standard InChI is InChI=1S/C21H32O5/c1-19-7-5-12(22)9-11(19)3-4-14-13(19)6-8-20(2)16-15(23)10-26-17(16)18(24)21(14,20)25/h3,12-18,22-25H,4-10H2,1-2H3/t12-,13-,14+,15+,16+,17-,18+,19-,20+,21+/m0/s1. The van der Waals surface area contributed by atoms with E-state index in [2.05, 4.69) is 19.9 Å². The fraction of sp³-hybridized carbons (Fsp3) is 0.905. The van der Waals surface area contributed by atoms with Crippen LogP contribution in [0.25, 0.3) is 0 Å². The molecule has 0 aromatic rings. The quantitative estimate of drug-likeness (QED) is 0.488. The Labute approximate surface area is 155 Å². The van der Waals surface area contributed by atoms with Crippen LogP contribution in [0.1, 0.15) is 52.4 Å². The molecule has 26 heavy (non-hydrogen) atoms. The van der Waals surface area contributed by atoms with Gasteiger partial charge in [-0.2, -0.15) is 0 Å². The molecule has 0 amide bonds. The van der Waals surface area contributed by atoms with E-state index in [0.717, 1.165) is 38.5 Å². The van der Waals surface area contributed by atoms with Crippen molar-refractivity contribution in [3.63, 3.8) is 0 Å². The van der Waals surface area contributed by atoms with E-state index in [1.165, 1.54) is 5.57 Å². The number of ether oxygens (including phenoxy) is 1. The summed E-state index contributed by atoms with van der Waals surface area (Å²) in [5, 5.41) is 43.8. The number of hydrogen-bond acceptors (Lipinski definition) is 5. The first-order valence-electron chi connectivity index (χ1n) is 10.3. The van der Waals surface area contributed by atoms with Gasteiger partial charge in [0.2, 0.25) is 0 Å². The van der Waals surface area contributed by atoms with Crippen LogP contribution in [0.2, 0.25) is 0 Å². The highest BCUT2D eigenvalue weighted by molar-refractivity contribution is 5.30. The molecule has 4 aliphatic carbocycles. The Morgan fingerprint density at radius 3 is 2.62 bits per heavy atom. The first-order valence-corrected chi connectivity index (χ1v) is 10.3. The third-order valence-electron chi connectivity index (χ3n) is 9.29. The van der Waals surface area contributed by atoms with Crippen LogP contribution in [-0.2, 0) is 4.74 Å². The maximum absolute atomic E-state index is 12.0. The minimum absolute atomic E-state index is 0.00387. The average molecular weight is 364 g/mol. The SMILES string of the molecule is C[C@]12CC[C@H](O)CC1=CC[C@@H]1[C@@H]2CC[C@]2(C)[C@H]3[C@H](OC[C@H]3O)[C@@H](O)[C@]12O. The second-order valence-corrected chi connectivity index (χ2v) is 10.1. The van der Waals surface area contributed by atoms with E-state index in [1.54, 1.807) is 0 Å². The molecule has 0 aromatic carbocycles. The molecule has 3 saturated carbocycles. The van der Waals surface area contributed by atoms with Crippen LogP contribution in [0.4, 0.5) is 0 Å². The lowest BCUT2D eigenvalue weighted by Gasteiger charge is -2.61. The van der Waals surface area contributed by atoms with Gasteiger partial charge in [-0.25, -0.2) is 0 Å². The third kappa shape index (κ3) is 1.84. The Kier molecular flexibility index (Phi) is 3.61. The van der Waals surface area contributed by atoms with Gasteiger partial charge in [-0.1, -0.05) is 25.5 Å². The molecule has 0 aromatic heterocycles. The summed E-state index contributed by atoms with van der Waals surface area (Å²) in [6.07, 6.45) is 4.98. The average Bonchev–Trinajstić information content (AvgIpc) is 3.07. The molecule has 5 nitrogen and oxygen atoms in total. The number of allylic oxidation sites excluding steroid dienone is 1. The maximum Gasteiger partial charge on any atom is 0.110 e. The fourth-order valence-electron chi connectivity index (χ4n) is 7.87. The van der Waals surface area contributed by atoms with Crippen LogP contribution in [0.15, 0.2) is 11.6 Å². The van der Waals surface area contributed by atoms with Crippen molar-refractivity contribution >= 4 is 0 Å². The molecule has 0 radical (unpaired) electrons. The number of aliphatic hydroxyl groups excluding tert-OH is 3. The summed E-state index contributed by atoms with van der Waals surface area (Å²) >= 11 is 0. The van der Waals surface area contributed by atoms with Crippen molar-refractivity contribution in [3.8, 4) is 0 Å². The molecule has 1 saturated heterocycles. The summed E-state index contributed by atoms with van der Waals surface area (Å²) in [5.74, 6) is 0.0788. The van der Waals surface area contributed by atoms with Crippen molar-refractivity contribution in [2.24, 2.45) is 28.6 Å². The van der Waals surface area contributed by atoms with E-state index in [0.29, 0.717) is 5.92 Å². The summed E-state index contributed by atoms with van der Waals surface area (Å²) in [6.45, 7) is 4.61. The van der Waals surface area contributed by atoms with Gasteiger partial charge < -0.3 is 25.2 Å². The summed E-state index contributed by atoms with van der Waals surface area (Å²) in [6, 6.07) is 0. The van der Waals surface area contributed by atoms with Gasteiger partial charge in [0.1, 0.15) is 11.7 Å². The largest absolute Gasteiger partial charge is 0.393 e. The number of rotatable bonds is 0. The Balaban J connectivity index is 1.58. The van der Waals surface area contributed by atoms with Crippen LogP contribution in [0, 0.1) is 28.6 Å². The van der Waals surface area contributed by atoms with E-state index in [9.17, 15) is 20.4 Å². The molecule has 5 aliphatic rings. The number of fused-ring (bicyclic) bond motifs is 7. The van der Waals surface area contributed by atoms with E-state index in [4.69, 9.17) is 4.74 Å². The first kappa shape index (κ1) is 17.6. The maximum atomic E-state index is 12.0. The minimum Gasteiger partial charge on any atom is -0.393 e. The Morgan fingerprint density at radius 2 is 1.85 bits per heavy atom. The van der Waals surface area contributed by atoms with E-state index >= 15 is 0 Å². The van der Waals surface area contributed by atoms with Gasteiger partial charge in [0.15, 0.2) is 0 Å². The molecular weight excluding hydrogens is 332 g/mol. The predicted molar refractivity (Wildman–Crippen MR) is 95.2 cm³/mol. The highest BCUT2D eigenvalue weighted by Gasteiger charge is 2.75. The second kappa shape index (κ2) is 5.32. The van der Waals surface area contributed by atoms with Crippen LogP contribution >= 0.6 is 0 Å². The van der Waals surface area contributed by atoms with Crippen LogP contribution in [-0.4, -0.2) is 57.0 Å². The molecule has 0 unspecified atom stereocenters. The zero-order chi connectivity index (χ0) is 18.5. The molecule has 1 heterocycles. The van der Waals surface area contributed by atoms with Gasteiger partial charge in [0.25, 0.3) is 0 Å². The van der Waals surface area contributed by atoms with Gasteiger partial charge in [-0.05, 0) is 55.8 Å². The summed E-state index contributed by atoms with van der Waals surface area (Å²) in [4.78, 5) is 0. The Bertz CT molecular complexity index is 648. The topological polar surface area (TPSA) is 90.2 Å². The summed E-state index contributed by atoms with van der Waals surface area (Å²) in [5.41, 5.74) is -0.415. The van der Waals surface area contributed by atoms with Crippen LogP contribution in [0.3, 0.4) is 0 Å². The van der Waals surface area contributed by atoms with Gasteiger partial charge in [-0.15, -0.1) is 0 Å². The zero-order valence-corrected chi connectivity index (χ0v) is 15.8. The van der Waals surface area contributed by atoms with Crippen molar-refractivity contribution in [2.45, 2.75) is 82.4 Å². The lowest BCUT2D eigenvalue weighted by molar-refractivity contribution is -0.225. The van der Waals surface area contributed by atoms with Crippen LogP contribution in [0.5, 0.6) is 0 Å². The molecule has 4 fully saturated rings. The third-order valence-corrected chi connectivity index (χ3v) is 9.29. The Hall–Kier alpha value is -0.460.